The number of nitrogens with one attached hydrogen (secondary N) is 2. The minimum absolute atomic E-state index is 0.0509. The molecular weight excluding hydrogens is 308 g/mol. The summed E-state index contributed by atoms with van der Waals surface area (Å²) in [5.74, 6) is -1.75. The number of carbonyl (C=O) groups is 3. The molecule has 24 heavy (non-hydrogen) atoms. The van der Waals surface area contributed by atoms with Crippen LogP contribution in [0.15, 0.2) is 30.3 Å². The lowest BCUT2D eigenvalue weighted by atomic mass is 9.92. The van der Waals surface area contributed by atoms with Crippen LogP contribution in [-0.2, 0) is 9.59 Å². The fourth-order valence-electron chi connectivity index (χ4n) is 2.05. The molecule has 6 nitrogen and oxygen atoms in total. The molecule has 1 atom stereocenters. The third-order valence-electron chi connectivity index (χ3n) is 3.48. The first kappa shape index (κ1) is 19.7. The third-order valence-corrected chi connectivity index (χ3v) is 3.48. The molecule has 1 aromatic carbocycles. The number of benzene rings is 1. The highest BCUT2D eigenvalue weighted by atomic mass is 16.4. The lowest BCUT2D eigenvalue weighted by molar-refractivity contribution is -0.137. The van der Waals surface area contributed by atoms with E-state index >= 15 is 0 Å². The Morgan fingerprint density at radius 3 is 2.29 bits per heavy atom. The van der Waals surface area contributed by atoms with Crippen molar-refractivity contribution in [3.8, 4) is 0 Å². The highest BCUT2D eigenvalue weighted by Gasteiger charge is 2.22. The fraction of sp³-hybridized carbons (Fsp3) is 0.500. The Kier molecular flexibility index (Phi) is 7.42. The Morgan fingerprint density at radius 2 is 1.75 bits per heavy atom. The summed E-state index contributed by atoms with van der Waals surface area (Å²) in [6, 6.07) is 7.66. The Morgan fingerprint density at radius 1 is 1.12 bits per heavy atom. The SMILES string of the molecule is CC(C)(C)CCNC(=O)[C@@H](CCC(=O)O)NC(=O)c1ccccc1. The molecule has 0 saturated carbocycles. The lowest BCUT2D eigenvalue weighted by Gasteiger charge is -2.21. The first-order valence-corrected chi connectivity index (χ1v) is 8.04. The monoisotopic (exact) mass is 334 g/mol. The highest BCUT2D eigenvalue weighted by molar-refractivity contribution is 5.97. The van der Waals surface area contributed by atoms with Crippen molar-refractivity contribution in [1.82, 2.24) is 10.6 Å². The molecule has 0 aromatic heterocycles. The molecule has 0 fully saturated rings. The number of hydrogen-bond donors (Lipinski definition) is 3. The van der Waals surface area contributed by atoms with Crippen LogP contribution in [0.2, 0.25) is 0 Å². The van der Waals surface area contributed by atoms with Gasteiger partial charge < -0.3 is 15.7 Å². The van der Waals surface area contributed by atoms with Crippen LogP contribution in [0.1, 0.15) is 50.4 Å². The van der Waals surface area contributed by atoms with Gasteiger partial charge in [0.15, 0.2) is 0 Å². The van der Waals surface area contributed by atoms with Gasteiger partial charge in [-0.05, 0) is 30.4 Å². The van der Waals surface area contributed by atoms with E-state index in [1.165, 1.54) is 0 Å². The Balaban J connectivity index is 2.67. The molecule has 0 spiro atoms. The third kappa shape index (κ3) is 7.76. The molecule has 1 rings (SSSR count). The molecule has 2 amide bonds. The molecular formula is C18H26N2O4. The van der Waals surface area contributed by atoms with Gasteiger partial charge in [0.25, 0.3) is 5.91 Å². The van der Waals surface area contributed by atoms with Crippen molar-refractivity contribution >= 4 is 17.8 Å². The molecule has 0 unspecified atom stereocenters. The van der Waals surface area contributed by atoms with Crippen LogP contribution in [0.3, 0.4) is 0 Å². The topological polar surface area (TPSA) is 95.5 Å². The first-order valence-electron chi connectivity index (χ1n) is 8.04. The van der Waals surface area contributed by atoms with Gasteiger partial charge in [-0.25, -0.2) is 0 Å². The summed E-state index contributed by atoms with van der Waals surface area (Å²) in [6.45, 7) is 6.68. The van der Waals surface area contributed by atoms with Gasteiger partial charge in [-0.15, -0.1) is 0 Å². The summed E-state index contributed by atoms with van der Waals surface area (Å²) < 4.78 is 0. The van der Waals surface area contributed by atoms with E-state index in [0.717, 1.165) is 6.42 Å². The van der Waals surface area contributed by atoms with Crippen molar-refractivity contribution in [2.45, 2.75) is 46.1 Å². The van der Waals surface area contributed by atoms with E-state index in [1.807, 2.05) is 0 Å². The van der Waals surface area contributed by atoms with Crippen molar-refractivity contribution in [3.63, 3.8) is 0 Å². The second kappa shape index (κ2) is 9.05. The maximum absolute atomic E-state index is 12.3. The predicted octanol–water partition coefficient (Wildman–Crippen LogP) is 2.20. The quantitative estimate of drug-likeness (QED) is 0.679. The van der Waals surface area contributed by atoms with E-state index in [9.17, 15) is 14.4 Å². The van der Waals surface area contributed by atoms with E-state index in [0.29, 0.717) is 12.1 Å². The average molecular weight is 334 g/mol. The largest absolute Gasteiger partial charge is 0.481 e. The number of carbonyl (C=O) groups excluding carboxylic acids is 2. The first-order chi connectivity index (χ1) is 11.2. The van der Waals surface area contributed by atoms with Crippen LogP contribution in [0.25, 0.3) is 0 Å². The number of amides is 2. The van der Waals surface area contributed by atoms with E-state index in [2.05, 4.69) is 31.4 Å². The zero-order valence-corrected chi connectivity index (χ0v) is 14.5. The predicted molar refractivity (Wildman–Crippen MR) is 91.6 cm³/mol. The van der Waals surface area contributed by atoms with Gasteiger partial charge in [-0.2, -0.15) is 0 Å². The number of rotatable bonds is 8. The van der Waals surface area contributed by atoms with Gasteiger partial charge in [0.05, 0.1) is 0 Å². The summed E-state index contributed by atoms with van der Waals surface area (Å²) in [5.41, 5.74) is 0.511. The summed E-state index contributed by atoms with van der Waals surface area (Å²) in [6.07, 6.45) is 0.651. The summed E-state index contributed by atoms with van der Waals surface area (Å²) in [7, 11) is 0. The molecule has 0 aliphatic heterocycles. The summed E-state index contributed by atoms with van der Waals surface area (Å²) in [5, 5.41) is 14.2. The zero-order valence-electron chi connectivity index (χ0n) is 14.5. The minimum atomic E-state index is -1.00. The molecule has 0 radical (unpaired) electrons. The van der Waals surface area contributed by atoms with Gasteiger partial charge in [0.1, 0.15) is 6.04 Å². The van der Waals surface area contributed by atoms with Crippen LogP contribution >= 0.6 is 0 Å². The Bertz CT molecular complexity index is 564. The standard InChI is InChI=1S/C18H26N2O4/c1-18(2,3)11-12-19-17(24)14(9-10-15(21)22)20-16(23)13-7-5-4-6-8-13/h4-8,14H,9-12H2,1-3H3,(H,19,24)(H,20,23)(H,21,22)/t14-/m1/s1. The van der Waals surface area contributed by atoms with Crippen LogP contribution in [0, 0.1) is 5.41 Å². The molecule has 1 aromatic rings. The molecule has 132 valence electrons. The van der Waals surface area contributed by atoms with Crippen molar-refractivity contribution in [2.24, 2.45) is 5.41 Å². The van der Waals surface area contributed by atoms with Crippen molar-refractivity contribution in [3.05, 3.63) is 35.9 Å². The van der Waals surface area contributed by atoms with Crippen LogP contribution in [-0.4, -0.2) is 35.5 Å². The van der Waals surface area contributed by atoms with E-state index in [-0.39, 0.29) is 24.2 Å². The number of aliphatic carboxylic acids is 1. The number of carboxylic acid groups (broad SMARTS) is 1. The van der Waals surface area contributed by atoms with E-state index in [4.69, 9.17) is 5.11 Å². The number of carboxylic acids is 1. The molecule has 3 N–H and O–H groups in total. The molecule has 0 heterocycles. The second-order valence-corrected chi connectivity index (χ2v) is 6.93. The molecule has 0 aliphatic carbocycles. The normalized spacial score (nSPS) is 12.3. The highest BCUT2D eigenvalue weighted by Crippen LogP contribution is 2.17. The lowest BCUT2D eigenvalue weighted by Crippen LogP contribution is -2.47. The zero-order chi connectivity index (χ0) is 18.2. The van der Waals surface area contributed by atoms with Crippen molar-refractivity contribution in [2.75, 3.05) is 6.54 Å². The van der Waals surface area contributed by atoms with Gasteiger partial charge in [0, 0.05) is 18.5 Å². The molecule has 0 aliphatic rings. The van der Waals surface area contributed by atoms with Gasteiger partial charge >= 0.3 is 5.97 Å². The maximum atomic E-state index is 12.3. The van der Waals surface area contributed by atoms with Crippen LogP contribution in [0.4, 0.5) is 0 Å². The van der Waals surface area contributed by atoms with Crippen LogP contribution < -0.4 is 10.6 Å². The average Bonchev–Trinajstić information content (AvgIpc) is 2.50. The van der Waals surface area contributed by atoms with E-state index in [1.54, 1.807) is 30.3 Å². The van der Waals surface area contributed by atoms with Gasteiger partial charge in [0.2, 0.25) is 5.91 Å². The van der Waals surface area contributed by atoms with Crippen molar-refractivity contribution < 1.29 is 19.5 Å². The second-order valence-electron chi connectivity index (χ2n) is 6.93. The molecule has 0 bridgehead atoms. The fourth-order valence-corrected chi connectivity index (χ4v) is 2.05. The Hall–Kier alpha value is -2.37. The van der Waals surface area contributed by atoms with Gasteiger partial charge in [-0.1, -0.05) is 39.0 Å². The minimum Gasteiger partial charge on any atom is -0.481 e. The van der Waals surface area contributed by atoms with Crippen molar-refractivity contribution in [1.29, 1.82) is 0 Å². The van der Waals surface area contributed by atoms with E-state index < -0.39 is 17.9 Å². The van der Waals surface area contributed by atoms with Crippen LogP contribution in [0.5, 0.6) is 0 Å². The summed E-state index contributed by atoms with van der Waals surface area (Å²) >= 11 is 0. The Labute approximate surface area is 142 Å². The van der Waals surface area contributed by atoms with Gasteiger partial charge in [-0.3, -0.25) is 14.4 Å². The number of hydrogen-bond acceptors (Lipinski definition) is 3. The molecule has 0 saturated heterocycles. The molecule has 6 heteroatoms. The smallest absolute Gasteiger partial charge is 0.303 e. The maximum Gasteiger partial charge on any atom is 0.303 e. The summed E-state index contributed by atoms with van der Waals surface area (Å²) in [4.78, 5) is 35.3.